The first kappa shape index (κ1) is 18.7. The molecular weight excluding hydrogens is 272 g/mol. The van der Waals surface area contributed by atoms with E-state index in [4.69, 9.17) is 5.73 Å². The summed E-state index contributed by atoms with van der Waals surface area (Å²) >= 11 is 0. The maximum Gasteiger partial charge on any atom is 0.250 e. The van der Waals surface area contributed by atoms with Crippen LogP contribution < -0.4 is 11.1 Å². The maximum atomic E-state index is 11.8. The molecule has 0 aromatic heterocycles. The molecule has 112 valence electrons. The standard InChI is InChI=1S/C16H24N2O.ClH/c1-6-8-12-13(16(4,5)17)9-7-10-14(12)18-15(19)11(2)3;/h7,9-10H,2,6,8,17H2,1,3-5H3,(H,18,19);1H. The lowest BCUT2D eigenvalue weighted by molar-refractivity contribution is -0.112. The minimum Gasteiger partial charge on any atom is -0.322 e. The number of carbonyl (C=O) groups is 1. The highest BCUT2D eigenvalue weighted by Crippen LogP contribution is 2.29. The molecule has 0 heterocycles. The molecule has 1 rings (SSSR count). The Kier molecular flexibility index (Phi) is 6.97. The van der Waals surface area contributed by atoms with Crippen LogP contribution >= 0.6 is 12.4 Å². The summed E-state index contributed by atoms with van der Waals surface area (Å²) in [6, 6.07) is 5.87. The van der Waals surface area contributed by atoms with Crippen molar-refractivity contribution < 1.29 is 4.79 Å². The van der Waals surface area contributed by atoms with E-state index in [1.807, 2.05) is 32.0 Å². The predicted octanol–water partition coefficient (Wildman–Crippen LogP) is 3.77. The highest BCUT2D eigenvalue weighted by Gasteiger charge is 2.20. The Bertz CT molecular complexity index is 490. The topological polar surface area (TPSA) is 55.1 Å². The van der Waals surface area contributed by atoms with Gasteiger partial charge in [-0.3, -0.25) is 4.79 Å². The molecule has 0 radical (unpaired) electrons. The molecule has 0 aliphatic heterocycles. The molecule has 1 aromatic carbocycles. The van der Waals surface area contributed by atoms with Crippen LogP contribution in [0.4, 0.5) is 5.69 Å². The van der Waals surface area contributed by atoms with Gasteiger partial charge in [-0.1, -0.05) is 32.1 Å². The lowest BCUT2D eigenvalue weighted by Crippen LogP contribution is -2.30. The van der Waals surface area contributed by atoms with E-state index in [1.54, 1.807) is 6.92 Å². The van der Waals surface area contributed by atoms with Crippen molar-refractivity contribution in [3.8, 4) is 0 Å². The van der Waals surface area contributed by atoms with Gasteiger partial charge in [0.25, 0.3) is 5.91 Å². The summed E-state index contributed by atoms with van der Waals surface area (Å²) in [6.07, 6.45) is 1.89. The Hall–Kier alpha value is -1.32. The van der Waals surface area contributed by atoms with E-state index in [1.165, 1.54) is 0 Å². The molecule has 0 spiro atoms. The van der Waals surface area contributed by atoms with Crippen LogP contribution in [-0.2, 0) is 16.8 Å². The number of rotatable bonds is 5. The van der Waals surface area contributed by atoms with Crippen molar-refractivity contribution in [3.63, 3.8) is 0 Å². The normalized spacial score (nSPS) is 10.7. The van der Waals surface area contributed by atoms with E-state index in [9.17, 15) is 4.79 Å². The van der Waals surface area contributed by atoms with Crippen molar-refractivity contribution in [3.05, 3.63) is 41.5 Å². The molecule has 0 atom stereocenters. The highest BCUT2D eigenvalue weighted by molar-refractivity contribution is 6.03. The van der Waals surface area contributed by atoms with Crippen LogP contribution in [0.5, 0.6) is 0 Å². The largest absolute Gasteiger partial charge is 0.322 e. The van der Waals surface area contributed by atoms with E-state index in [-0.39, 0.29) is 18.3 Å². The number of anilines is 1. The number of carbonyl (C=O) groups excluding carboxylic acids is 1. The average Bonchev–Trinajstić information content (AvgIpc) is 2.29. The minimum atomic E-state index is -0.422. The van der Waals surface area contributed by atoms with E-state index >= 15 is 0 Å². The minimum absolute atomic E-state index is 0. The zero-order valence-electron chi connectivity index (χ0n) is 12.7. The van der Waals surface area contributed by atoms with Crippen LogP contribution in [0.2, 0.25) is 0 Å². The first-order valence-corrected chi connectivity index (χ1v) is 6.65. The fourth-order valence-electron chi connectivity index (χ4n) is 2.06. The van der Waals surface area contributed by atoms with E-state index in [0.29, 0.717) is 5.57 Å². The fourth-order valence-corrected chi connectivity index (χ4v) is 2.06. The van der Waals surface area contributed by atoms with Crippen molar-refractivity contribution >= 4 is 24.0 Å². The molecule has 1 aromatic rings. The van der Waals surface area contributed by atoms with Gasteiger partial charge < -0.3 is 11.1 Å². The van der Waals surface area contributed by atoms with Crippen LogP contribution in [0, 0.1) is 0 Å². The molecule has 3 N–H and O–H groups in total. The number of amides is 1. The molecule has 3 nitrogen and oxygen atoms in total. The second-order valence-corrected chi connectivity index (χ2v) is 5.54. The number of hydrogen-bond acceptors (Lipinski definition) is 2. The summed E-state index contributed by atoms with van der Waals surface area (Å²) in [7, 11) is 0. The molecular formula is C16H25ClN2O. The van der Waals surface area contributed by atoms with Gasteiger partial charge in [0.15, 0.2) is 0 Å². The summed E-state index contributed by atoms with van der Waals surface area (Å²) in [6.45, 7) is 11.4. The Morgan fingerprint density at radius 2 is 2.00 bits per heavy atom. The van der Waals surface area contributed by atoms with Gasteiger partial charge in [-0.05, 0) is 44.4 Å². The van der Waals surface area contributed by atoms with Crippen molar-refractivity contribution in [2.75, 3.05) is 5.32 Å². The van der Waals surface area contributed by atoms with Gasteiger partial charge in [-0.2, -0.15) is 0 Å². The fraction of sp³-hybridized carbons (Fsp3) is 0.438. The second-order valence-electron chi connectivity index (χ2n) is 5.54. The molecule has 20 heavy (non-hydrogen) atoms. The monoisotopic (exact) mass is 296 g/mol. The number of nitrogens with one attached hydrogen (secondary N) is 1. The lowest BCUT2D eigenvalue weighted by Gasteiger charge is -2.25. The molecule has 4 heteroatoms. The molecule has 1 amide bonds. The van der Waals surface area contributed by atoms with E-state index in [0.717, 1.165) is 29.7 Å². The first-order chi connectivity index (χ1) is 8.77. The van der Waals surface area contributed by atoms with Gasteiger partial charge in [-0.15, -0.1) is 12.4 Å². The summed E-state index contributed by atoms with van der Waals surface area (Å²) in [5.41, 5.74) is 9.33. The number of benzene rings is 1. The molecule has 0 saturated carbocycles. The van der Waals surface area contributed by atoms with Gasteiger partial charge in [-0.25, -0.2) is 0 Å². The number of hydrogen-bond donors (Lipinski definition) is 2. The summed E-state index contributed by atoms with van der Waals surface area (Å²) < 4.78 is 0. The average molecular weight is 297 g/mol. The van der Waals surface area contributed by atoms with Crippen LogP contribution in [0.15, 0.2) is 30.4 Å². The molecule has 0 unspecified atom stereocenters. The third-order valence-electron chi connectivity index (χ3n) is 3.01. The highest BCUT2D eigenvalue weighted by atomic mass is 35.5. The number of nitrogens with two attached hydrogens (primary N) is 1. The van der Waals surface area contributed by atoms with E-state index in [2.05, 4.69) is 18.8 Å². The third-order valence-corrected chi connectivity index (χ3v) is 3.01. The van der Waals surface area contributed by atoms with Gasteiger partial charge in [0.1, 0.15) is 0 Å². The molecule has 0 bridgehead atoms. The quantitative estimate of drug-likeness (QED) is 0.813. The Balaban J connectivity index is 0.00000361. The Labute approximate surface area is 128 Å². The second kappa shape index (κ2) is 7.46. The Morgan fingerprint density at radius 3 is 2.45 bits per heavy atom. The van der Waals surface area contributed by atoms with E-state index < -0.39 is 5.54 Å². The first-order valence-electron chi connectivity index (χ1n) is 6.65. The van der Waals surface area contributed by atoms with Crippen LogP contribution in [0.3, 0.4) is 0 Å². The van der Waals surface area contributed by atoms with Crippen LogP contribution in [-0.4, -0.2) is 5.91 Å². The van der Waals surface area contributed by atoms with Crippen molar-refractivity contribution in [1.82, 2.24) is 0 Å². The molecule has 0 aliphatic carbocycles. The van der Waals surface area contributed by atoms with Crippen molar-refractivity contribution in [2.24, 2.45) is 5.73 Å². The van der Waals surface area contributed by atoms with Crippen LogP contribution in [0.1, 0.15) is 45.2 Å². The maximum absolute atomic E-state index is 11.8. The van der Waals surface area contributed by atoms with Gasteiger partial charge >= 0.3 is 0 Å². The molecule has 0 aliphatic rings. The lowest BCUT2D eigenvalue weighted by atomic mass is 9.88. The van der Waals surface area contributed by atoms with Crippen molar-refractivity contribution in [1.29, 1.82) is 0 Å². The Morgan fingerprint density at radius 1 is 1.40 bits per heavy atom. The summed E-state index contributed by atoms with van der Waals surface area (Å²) in [5.74, 6) is -0.149. The zero-order chi connectivity index (χ0) is 14.6. The summed E-state index contributed by atoms with van der Waals surface area (Å²) in [4.78, 5) is 11.8. The third kappa shape index (κ3) is 4.66. The SMILES string of the molecule is C=C(C)C(=O)Nc1cccc(C(C)(C)N)c1CCC.Cl. The summed E-state index contributed by atoms with van der Waals surface area (Å²) in [5, 5.41) is 2.91. The number of halogens is 1. The molecule has 0 fully saturated rings. The smallest absolute Gasteiger partial charge is 0.250 e. The van der Waals surface area contributed by atoms with Gasteiger partial charge in [0, 0.05) is 16.8 Å². The molecule has 0 saturated heterocycles. The van der Waals surface area contributed by atoms with Crippen molar-refractivity contribution in [2.45, 2.75) is 46.1 Å². The zero-order valence-corrected chi connectivity index (χ0v) is 13.6. The van der Waals surface area contributed by atoms with Crippen LogP contribution in [0.25, 0.3) is 0 Å². The van der Waals surface area contributed by atoms with Gasteiger partial charge in [0.05, 0.1) is 0 Å². The predicted molar refractivity (Wildman–Crippen MR) is 88.3 cm³/mol. The van der Waals surface area contributed by atoms with Gasteiger partial charge in [0.2, 0.25) is 0 Å².